The van der Waals surface area contributed by atoms with Crippen molar-refractivity contribution < 1.29 is 18.8 Å². The number of hydrogen-bond acceptors (Lipinski definition) is 4. The summed E-state index contributed by atoms with van der Waals surface area (Å²) in [6, 6.07) is 11.4. The third kappa shape index (κ3) is 5.89. The lowest BCUT2D eigenvalue weighted by Crippen LogP contribution is -2.53. The fourth-order valence-electron chi connectivity index (χ4n) is 4.48. The first kappa shape index (κ1) is 24.9. The molecule has 7 nitrogen and oxygen atoms in total. The van der Waals surface area contributed by atoms with Crippen LogP contribution in [0, 0.1) is 5.82 Å². The Hall–Kier alpha value is -3.23. The van der Waals surface area contributed by atoms with Gasteiger partial charge in [-0.3, -0.25) is 19.4 Å². The number of imide groups is 1. The summed E-state index contributed by atoms with van der Waals surface area (Å²) >= 11 is 6.17. The number of benzene rings is 2. The Bertz CT molecular complexity index is 1150. The zero-order valence-electron chi connectivity index (χ0n) is 19.8. The van der Waals surface area contributed by atoms with Crippen LogP contribution in [0.3, 0.4) is 0 Å². The van der Waals surface area contributed by atoms with Crippen LogP contribution in [0.5, 0.6) is 0 Å². The van der Waals surface area contributed by atoms with E-state index in [1.807, 2.05) is 11.8 Å². The maximum atomic E-state index is 13.2. The van der Waals surface area contributed by atoms with E-state index >= 15 is 0 Å². The van der Waals surface area contributed by atoms with E-state index in [0.29, 0.717) is 23.7 Å². The van der Waals surface area contributed by atoms with Gasteiger partial charge in [-0.05, 0) is 54.0 Å². The zero-order chi connectivity index (χ0) is 25.1. The van der Waals surface area contributed by atoms with Crippen molar-refractivity contribution >= 4 is 35.5 Å². The molecule has 2 aliphatic rings. The standard InChI is InChI=1S/C26H28ClFN4O3/c1-18-14-30(15-19-3-8-23(28)9-4-19)11-12-31(18)24(33)10-6-20-5-7-22(27)13-21(20)16-32-25(34)17-29(2)26(32)35/h3-10,13,18H,11-12,14-17H2,1-2H3/b10-6+/t18-/m1/s1. The van der Waals surface area contributed by atoms with E-state index in [9.17, 15) is 18.8 Å². The minimum absolute atomic E-state index is 0.0152. The largest absolute Gasteiger partial charge is 0.334 e. The van der Waals surface area contributed by atoms with Gasteiger partial charge < -0.3 is 9.80 Å². The van der Waals surface area contributed by atoms with Crippen LogP contribution in [0.4, 0.5) is 9.18 Å². The number of amides is 4. The van der Waals surface area contributed by atoms with Gasteiger partial charge in [-0.2, -0.15) is 0 Å². The van der Waals surface area contributed by atoms with Crippen LogP contribution in [0.25, 0.3) is 6.08 Å². The second-order valence-corrected chi connectivity index (χ2v) is 9.47. The summed E-state index contributed by atoms with van der Waals surface area (Å²) in [4.78, 5) is 44.1. The lowest BCUT2D eigenvalue weighted by atomic mass is 10.1. The first-order chi connectivity index (χ1) is 16.7. The SMILES string of the molecule is C[C@@H]1CN(Cc2ccc(F)cc2)CCN1C(=O)/C=C/c1ccc(Cl)cc1CN1C(=O)CN(C)C1=O. The van der Waals surface area contributed by atoms with E-state index in [1.165, 1.54) is 28.0 Å². The summed E-state index contributed by atoms with van der Waals surface area (Å²) < 4.78 is 13.2. The van der Waals surface area contributed by atoms with Crippen molar-refractivity contribution in [3.8, 4) is 0 Å². The fraction of sp³-hybridized carbons (Fsp3) is 0.346. The molecule has 2 fully saturated rings. The minimum atomic E-state index is -0.353. The van der Waals surface area contributed by atoms with Gasteiger partial charge in [-0.25, -0.2) is 9.18 Å². The first-order valence-electron chi connectivity index (χ1n) is 11.5. The van der Waals surface area contributed by atoms with Crippen molar-refractivity contribution in [2.75, 3.05) is 33.2 Å². The molecule has 0 N–H and O–H groups in total. The number of rotatable bonds is 6. The average Bonchev–Trinajstić information content (AvgIpc) is 3.06. The molecule has 0 radical (unpaired) electrons. The molecule has 1 atom stereocenters. The van der Waals surface area contributed by atoms with Crippen LogP contribution in [0.15, 0.2) is 48.5 Å². The summed E-state index contributed by atoms with van der Waals surface area (Å²) in [7, 11) is 1.58. The molecule has 2 aliphatic heterocycles. The molecule has 9 heteroatoms. The number of hydrogen-bond donors (Lipinski definition) is 0. The van der Waals surface area contributed by atoms with Gasteiger partial charge in [0.1, 0.15) is 12.4 Å². The van der Waals surface area contributed by atoms with Crippen LogP contribution in [-0.2, 0) is 22.7 Å². The monoisotopic (exact) mass is 498 g/mol. The second kappa shape index (κ2) is 10.6. The predicted molar refractivity (Wildman–Crippen MR) is 132 cm³/mol. The van der Waals surface area contributed by atoms with E-state index in [2.05, 4.69) is 4.90 Å². The van der Waals surface area contributed by atoms with E-state index in [-0.39, 0.29) is 42.8 Å². The molecule has 2 saturated heterocycles. The zero-order valence-corrected chi connectivity index (χ0v) is 20.5. The van der Waals surface area contributed by atoms with Crippen LogP contribution in [0.2, 0.25) is 5.02 Å². The molecular formula is C26H28ClFN4O3. The highest BCUT2D eigenvalue weighted by Gasteiger charge is 2.33. The highest BCUT2D eigenvalue weighted by Crippen LogP contribution is 2.22. The number of halogens is 2. The molecule has 0 saturated carbocycles. The number of carbonyl (C=O) groups excluding carboxylic acids is 3. The topological polar surface area (TPSA) is 64.2 Å². The molecule has 0 aliphatic carbocycles. The highest BCUT2D eigenvalue weighted by atomic mass is 35.5. The Morgan fingerprint density at radius 3 is 2.51 bits per heavy atom. The lowest BCUT2D eigenvalue weighted by Gasteiger charge is -2.39. The Morgan fingerprint density at radius 1 is 1.11 bits per heavy atom. The van der Waals surface area contributed by atoms with E-state index < -0.39 is 0 Å². The molecule has 0 spiro atoms. The number of likely N-dealkylation sites (N-methyl/N-ethyl adjacent to an activating group) is 1. The Morgan fingerprint density at radius 2 is 1.86 bits per heavy atom. The molecule has 0 unspecified atom stereocenters. The van der Waals surface area contributed by atoms with Gasteiger partial charge in [0.15, 0.2) is 0 Å². The van der Waals surface area contributed by atoms with Crippen LogP contribution in [-0.4, -0.2) is 76.7 Å². The normalized spacial score (nSPS) is 19.3. The second-order valence-electron chi connectivity index (χ2n) is 9.04. The summed E-state index contributed by atoms with van der Waals surface area (Å²) in [6.07, 6.45) is 3.24. The summed E-state index contributed by atoms with van der Waals surface area (Å²) in [6.45, 7) is 4.89. The molecule has 4 amide bonds. The molecule has 2 aromatic carbocycles. The van der Waals surface area contributed by atoms with Gasteiger partial charge >= 0.3 is 6.03 Å². The van der Waals surface area contributed by atoms with Crippen molar-refractivity contribution in [2.45, 2.75) is 26.1 Å². The van der Waals surface area contributed by atoms with Gasteiger partial charge in [0.25, 0.3) is 5.91 Å². The number of carbonyl (C=O) groups is 3. The van der Waals surface area contributed by atoms with Gasteiger partial charge in [-0.1, -0.05) is 29.8 Å². The molecule has 0 bridgehead atoms. The summed E-state index contributed by atoms with van der Waals surface area (Å²) in [5.74, 6) is -0.622. The molecule has 2 heterocycles. The van der Waals surface area contributed by atoms with Gasteiger partial charge in [0.2, 0.25) is 5.91 Å². The van der Waals surface area contributed by atoms with Crippen molar-refractivity contribution in [1.29, 1.82) is 0 Å². The fourth-order valence-corrected chi connectivity index (χ4v) is 4.67. The maximum absolute atomic E-state index is 13.2. The summed E-state index contributed by atoms with van der Waals surface area (Å²) in [5.41, 5.74) is 2.45. The summed E-state index contributed by atoms with van der Waals surface area (Å²) in [5, 5.41) is 0.488. The minimum Gasteiger partial charge on any atom is -0.334 e. The van der Waals surface area contributed by atoms with E-state index in [1.54, 1.807) is 43.5 Å². The third-order valence-electron chi connectivity index (χ3n) is 6.38. The van der Waals surface area contributed by atoms with E-state index in [4.69, 9.17) is 11.6 Å². The first-order valence-corrected chi connectivity index (χ1v) is 11.9. The van der Waals surface area contributed by atoms with Crippen molar-refractivity contribution in [3.05, 3.63) is 76.1 Å². The Balaban J connectivity index is 1.40. The van der Waals surface area contributed by atoms with Crippen molar-refractivity contribution in [1.82, 2.24) is 19.6 Å². The van der Waals surface area contributed by atoms with Crippen LogP contribution in [0.1, 0.15) is 23.6 Å². The predicted octanol–water partition coefficient (Wildman–Crippen LogP) is 3.62. The number of urea groups is 1. The van der Waals surface area contributed by atoms with Gasteiger partial charge in [0.05, 0.1) is 6.54 Å². The maximum Gasteiger partial charge on any atom is 0.327 e. The Kier molecular flexibility index (Phi) is 7.52. The van der Waals surface area contributed by atoms with Crippen molar-refractivity contribution in [3.63, 3.8) is 0 Å². The molecular weight excluding hydrogens is 471 g/mol. The molecule has 2 aromatic rings. The third-order valence-corrected chi connectivity index (χ3v) is 6.62. The van der Waals surface area contributed by atoms with Crippen LogP contribution >= 0.6 is 11.6 Å². The van der Waals surface area contributed by atoms with Gasteiger partial charge in [-0.15, -0.1) is 0 Å². The van der Waals surface area contributed by atoms with Gasteiger partial charge in [0, 0.05) is 50.4 Å². The quantitative estimate of drug-likeness (QED) is 0.451. The molecule has 35 heavy (non-hydrogen) atoms. The van der Waals surface area contributed by atoms with Crippen molar-refractivity contribution in [2.24, 2.45) is 0 Å². The molecule has 184 valence electrons. The molecule has 4 rings (SSSR count). The number of nitrogens with zero attached hydrogens (tertiary/aromatic N) is 4. The smallest absolute Gasteiger partial charge is 0.327 e. The van der Waals surface area contributed by atoms with Crippen LogP contribution < -0.4 is 0 Å². The lowest BCUT2D eigenvalue weighted by molar-refractivity contribution is -0.130. The highest BCUT2D eigenvalue weighted by molar-refractivity contribution is 6.30. The average molecular weight is 499 g/mol. The molecule has 0 aromatic heterocycles. The number of piperazine rings is 1. The van der Waals surface area contributed by atoms with E-state index in [0.717, 1.165) is 24.2 Å². The Labute approximate surface area is 209 Å².